The Morgan fingerprint density at radius 1 is 0.739 bits per heavy atom. The van der Waals surface area contributed by atoms with Gasteiger partial charge >= 0.3 is 11.9 Å². The molecule has 2 saturated carbocycles. The van der Waals surface area contributed by atoms with Gasteiger partial charge < -0.3 is 9.47 Å². The van der Waals surface area contributed by atoms with Gasteiger partial charge in [0.25, 0.3) is 0 Å². The summed E-state index contributed by atoms with van der Waals surface area (Å²) in [4.78, 5) is 22.2. The Kier molecular flexibility index (Phi) is 6.10. The number of ether oxygens (including phenoxy) is 2. The molecule has 4 rings (SSSR count). The van der Waals surface area contributed by atoms with Crippen molar-refractivity contribution >= 4 is 11.9 Å². The van der Waals surface area contributed by atoms with Crippen molar-refractivity contribution in [2.75, 3.05) is 0 Å². The van der Waals surface area contributed by atoms with Gasteiger partial charge in [0.05, 0.1) is 11.8 Å². The smallest absolute Gasteiger partial charge is 0.308 e. The third-order valence-electron chi connectivity index (χ3n) is 5.83. The Balaban J connectivity index is 0.000000160. The first-order valence-electron chi connectivity index (χ1n) is 8.95. The molecule has 23 heavy (non-hydrogen) atoms. The third-order valence-corrected chi connectivity index (χ3v) is 5.83. The maximum absolute atomic E-state index is 11.1. The van der Waals surface area contributed by atoms with E-state index in [1.807, 2.05) is 13.8 Å². The zero-order valence-corrected chi connectivity index (χ0v) is 13.8. The molecule has 2 heterocycles. The monoisotopic (exact) mass is 324 g/mol. The first-order valence-corrected chi connectivity index (χ1v) is 8.95. The van der Waals surface area contributed by atoms with Crippen molar-refractivity contribution in [1.82, 2.24) is 0 Å². The quantitative estimate of drug-likeness (QED) is 0.629. The number of carbonyl (C=O) groups is 2. The summed E-state index contributed by atoms with van der Waals surface area (Å²) in [5, 5.41) is 0. The molecule has 0 aromatic rings. The van der Waals surface area contributed by atoms with E-state index in [-0.39, 0.29) is 43.4 Å². The average molecular weight is 324 g/mol. The Bertz CT molecular complexity index is 393. The van der Waals surface area contributed by atoms with Crippen molar-refractivity contribution in [2.24, 2.45) is 23.7 Å². The van der Waals surface area contributed by atoms with Crippen LogP contribution < -0.4 is 0 Å². The molecule has 0 aromatic carbocycles. The second kappa shape index (κ2) is 7.67. The van der Waals surface area contributed by atoms with Gasteiger partial charge in [0, 0.05) is 0 Å². The lowest BCUT2D eigenvalue weighted by atomic mass is 9.90. The second-order valence-corrected chi connectivity index (χ2v) is 7.61. The van der Waals surface area contributed by atoms with Crippen LogP contribution in [0.4, 0.5) is 0 Å². The molecule has 4 fully saturated rings. The Hall–Kier alpha value is -1.06. The number of hydrogen-bond acceptors (Lipinski definition) is 4. The topological polar surface area (TPSA) is 52.6 Å². The number of carbonyl (C=O) groups excluding carboxylic acids is 2. The van der Waals surface area contributed by atoms with Crippen LogP contribution in [0.5, 0.6) is 0 Å². The molecular weight excluding hydrogens is 292 g/mol. The zero-order valence-electron chi connectivity index (χ0n) is 13.8. The molecule has 0 N–H and O–H groups in total. The largest absolute Gasteiger partial charge is 0.462 e. The molecule has 0 bridgehead atoms. The average Bonchev–Trinajstić information content (AvgIpc) is 3.09. The summed E-state index contributed by atoms with van der Waals surface area (Å²) in [7, 11) is 0. The van der Waals surface area contributed by atoms with Gasteiger partial charge in [0.1, 0.15) is 12.2 Å². The summed E-state index contributed by atoms with van der Waals surface area (Å²) >= 11 is 0. The zero-order chi connectivity index (χ0) is 15.7. The number of esters is 2. The summed E-state index contributed by atoms with van der Waals surface area (Å²) in [6.45, 7) is 3.94. The number of fused-ring (bicyclic) bond motifs is 2. The minimum atomic E-state index is 0. The SMILES string of the molecule is C.C[C@@H]1C[C@@H]2CCC[C@H]2OC1=O.C[C@H]1C[C@H]2CCC[C@H]2OC1=O. The molecule has 4 heteroatoms. The van der Waals surface area contributed by atoms with Crippen molar-refractivity contribution in [3.63, 3.8) is 0 Å². The normalized spacial score (nSPS) is 41.5. The first-order chi connectivity index (χ1) is 10.5. The van der Waals surface area contributed by atoms with Gasteiger partial charge in [-0.25, -0.2) is 0 Å². The minimum absolute atomic E-state index is 0. The van der Waals surface area contributed by atoms with Crippen LogP contribution in [-0.2, 0) is 19.1 Å². The van der Waals surface area contributed by atoms with Gasteiger partial charge in [-0.2, -0.15) is 0 Å². The molecule has 4 aliphatic rings. The van der Waals surface area contributed by atoms with E-state index in [1.165, 1.54) is 25.7 Å². The lowest BCUT2D eigenvalue weighted by molar-refractivity contribution is -0.163. The molecule has 4 nitrogen and oxygen atoms in total. The van der Waals surface area contributed by atoms with Crippen molar-refractivity contribution in [3.8, 4) is 0 Å². The van der Waals surface area contributed by atoms with E-state index in [4.69, 9.17) is 9.47 Å². The molecule has 2 aliphatic heterocycles. The number of rotatable bonds is 0. The molecule has 132 valence electrons. The second-order valence-electron chi connectivity index (χ2n) is 7.61. The molecule has 0 radical (unpaired) electrons. The highest BCUT2D eigenvalue weighted by Crippen LogP contribution is 2.38. The van der Waals surface area contributed by atoms with Crippen LogP contribution >= 0.6 is 0 Å². The highest BCUT2D eigenvalue weighted by Gasteiger charge is 2.38. The first kappa shape index (κ1) is 18.3. The fourth-order valence-corrected chi connectivity index (χ4v) is 4.49. The van der Waals surface area contributed by atoms with E-state index < -0.39 is 0 Å². The number of hydrogen-bond donors (Lipinski definition) is 0. The maximum Gasteiger partial charge on any atom is 0.308 e. The van der Waals surface area contributed by atoms with Gasteiger partial charge in [-0.15, -0.1) is 0 Å². The molecule has 2 saturated heterocycles. The standard InChI is InChI=1S/2C9H14O2.CH4/c2*1-6-5-7-3-2-4-8(7)11-9(6)10;/h2*6-8H,2-5H2,1H3;1H4/t6-,7+,8+;6-,7+,8-;/m01./s1. The van der Waals surface area contributed by atoms with Crippen LogP contribution in [0.15, 0.2) is 0 Å². The minimum Gasteiger partial charge on any atom is -0.462 e. The van der Waals surface area contributed by atoms with E-state index in [0.29, 0.717) is 11.8 Å². The van der Waals surface area contributed by atoms with E-state index in [9.17, 15) is 9.59 Å². The van der Waals surface area contributed by atoms with Crippen LogP contribution in [0.3, 0.4) is 0 Å². The summed E-state index contributed by atoms with van der Waals surface area (Å²) in [5.41, 5.74) is 0. The van der Waals surface area contributed by atoms with Crippen molar-refractivity contribution in [3.05, 3.63) is 0 Å². The molecule has 0 spiro atoms. The van der Waals surface area contributed by atoms with Crippen LogP contribution in [0.1, 0.15) is 72.6 Å². The van der Waals surface area contributed by atoms with Gasteiger partial charge in [-0.05, 0) is 63.2 Å². The highest BCUT2D eigenvalue weighted by molar-refractivity contribution is 5.73. The molecule has 0 amide bonds. The van der Waals surface area contributed by atoms with E-state index >= 15 is 0 Å². The predicted octanol–water partition coefficient (Wildman–Crippen LogP) is 4.11. The molecule has 2 aliphatic carbocycles. The molecule has 0 aromatic heterocycles. The fraction of sp³-hybridized carbons (Fsp3) is 0.895. The van der Waals surface area contributed by atoms with E-state index in [2.05, 4.69) is 0 Å². The predicted molar refractivity (Wildman–Crippen MR) is 88.7 cm³/mol. The maximum atomic E-state index is 11.1. The highest BCUT2D eigenvalue weighted by atomic mass is 16.5. The van der Waals surface area contributed by atoms with Crippen LogP contribution in [0.2, 0.25) is 0 Å². The van der Waals surface area contributed by atoms with Crippen molar-refractivity contribution in [2.45, 2.75) is 84.8 Å². The van der Waals surface area contributed by atoms with Crippen LogP contribution in [0.25, 0.3) is 0 Å². The van der Waals surface area contributed by atoms with Crippen molar-refractivity contribution < 1.29 is 19.1 Å². The Morgan fingerprint density at radius 3 is 1.52 bits per heavy atom. The third kappa shape index (κ3) is 4.07. The summed E-state index contributed by atoms with van der Waals surface area (Å²) < 4.78 is 10.6. The lowest BCUT2D eigenvalue weighted by Gasteiger charge is -2.28. The van der Waals surface area contributed by atoms with Gasteiger partial charge in [-0.3, -0.25) is 9.59 Å². The van der Waals surface area contributed by atoms with Gasteiger partial charge in [0.2, 0.25) is 0 Å². The summed E-state index contributed by atoms with van der Waals surface area (Å²) in [5.74, 6) is 1.70. The van der Waals surface area contributed by atoms with Gasteiger partial charge in [0.15, 0.2) is 0 Å². The molecule has 0 unspecified atom stereocenters. The Morgan fingerprint density at radius 2 is 1.13 bits per heavy atom. The van der Waals surface area contributed by atoms with Gasteiger partial charge in [-0.1, -0.05) is 21.3 Å². The Labute approximate surface area is 140 Å². The van der Waals surface area contributed by atoms with Crippen molar-refractivity contribution in [1.29, 1.82) is 0 Å². The molecular formula is C19H32O4. The van der Waals surface area contributed by atoms with E-state index in [1.54, 1.807) is 0 Å². The molecule has 6 atom stereocenters. The summed E-state index contributed by atoms with van der Waals surface area (Å²) in [6, 6.07) is 0. The lowest BCUT2D eigenvalue weighted by Crippen LogP contribution is -2.33. The van der Waals surface area contributed by atoms with E-state index in [0.717, 1.165) is 25.7 Å². The fourth-order valence-electron chi connectivity index (χ4n) is 4.49. The van der Waals surface area contributed by atoms with Crippen LogP contribution in [0, 0.1) is 23.7 Å². The van der Waals surface area contributed by atoms with Crippen LogP contribution in [-0.4, -0.2) is 24.1 Å². The summed E-state index contributed by atoms with van der Waals surface area (Å²) in [6.07, 6.45) is 9.89.